The van der Waals surface area contributed by atoms with Crippen LogP contribution in [-0.2, 0) is 14.2 Å². The highest BCUT2D eigenvalue weighted by atomic mass is 16.6. The number of ether oxygens (including phenoxy) is 3. The van der Waals surface area contributed by atoms with Gasteiger partial charge >= 0.3 is 0 Å². The van der Waals surface area contributed by atoms with Crippen molar-refractivity contribution >= 4 is 0 Å². The molecule has 25 heavy (non-hydrogen) atoms. The highest BCUT2D eigenvalue weighted by molar-refractivity contribution is 4.92. The van der Waals surface area contributed by atoms with E-state index < -0.39 is 74.3 Å². The average Bonchev–Trinajstić information content (AvgIpc) is 2.61. The number of aliphatic hydroxyl groups excluding tert-OH is 8. The Morgan fingerprint density at radius 1 is 0.600 bits per heavy atom. The lowest BCUT2D eigenvalue weighted by atomic mass is 9.90. The van der Waals surface area contributed by atoms with Gasteiger partial charge in [-0.3, -0.25) is 0 Å². The first-order valence-corrected chi connectivity index (χ1v) is 8.00. The fourth-order valence-electron chi connectivity index (χ4n) is 3.02. The van der Waals surface area contributed by atoms with Crippen LogP contribution in [0, 0.1) is 5.92 Å². The molecule has 2 fully saturated rings. The summed E-state index contributed by atoms with van der Waals surface area (Å²) in [6.07, 6.45) is -12.1. The van der Waals surface area contributed by atoms with Crippen molar-refractivity contribution in [3.05, 3.63) is 0 Å². The second-order valence-corrected chi connectivity index (χ2v) is 6.30. The van der Waals surface area contributed by atoms with Gasteiger partial charge in [0.25, 0.3) is 0 Å². The monoisotopic (exact) mass is 370 g/mol. The molecule has 0 aromatic carbocycles. The van der Waals surface area contributed by atoms with Gasteiger partial charge in [0.2, 0.25) is 0 Å². The largest absolute Gasteiger partial charge is 0.394 e. The highest BCUT2D eigenvalue weighted by Gasteiger charge is 2.45. The van der Waals surface area contributed by atoms with Crippen LogP contribution in [0.4, 0.5) is 0 Å². The third kappa shape index (κ3) is 4.46. The van der Waals surface area contributed by atoms with E-state index in [0.29, 0.717) is 0 Å². The molecule has 0 amide bonds. The first-order valence-electron chi connectivity index (χ1n) is 8.00. The molecular weight excluding hydrogens is 344 g/mol. The quantitative estimate of drug-likeness (QED) is 0.223. The van der Waals surface area contributed by atoms with E-state index in [1.165, 1.54) is 0 Å². The third-order valence-corrected chi connectivity index (χ3v) is 4.64. The summed E-state index contributed by atoms with van der Waals surface area (Å²) >= 11 is 0. The van der Waals surface area contributed by atoms with Crippen LogP contribution in [0.1, 0.15) is 0 Å². The van der Waals surface area contributed by atoms with E-state index in [4.69, 9.17) is 19.3 Å². The van der Waals surface area contributed by atoms with E-state index in [9.17, 15) is 35.7 Å². The molecule has 0 aromatic rings. The minimum absolute atomic E-state index is 0.203. The Kier molecular flexibility index (Phi) is 7.49. The van der Waals surface area contributed by atoms with Crippen molar-refractivity contribution in [2.24, 2.45) is 5.92 Å². The summed E-state index contributed by atoms with van der Waals surface area (Å²) in [5, 5.41) is 76.7. The molecule has 6 unspecified atom stereocenters. The van der Waals surface area contributed by atoms with Gasteiger partial charge < -0.3 is 55.1 Å². The topological polar surface area (TPSA) is 190 Å². The van der Waals surface area contributed by atoms with Crippen molar-refractivity contribution < 1.29 is 55.1 Å². The summed E-state index contributed by atoms with van der Waals surface area (Å²) in [7, 11) is 0. The summed E-state index contributed by atoms with van der Waals surface area (Å²) in [5.41, 5.74) is 0. The maximum absolute atomic E-state index is 9.99. The number of aliphatic hydroxyl groups is 8. The number of hydrogen-bond acceptors (Lipinski definition) is 11. The van der Waals surface area contributed by atoms with E-state index in [1.807, 2.05) is 0 Å². The molecule has 0 saturated carbocycles. The molecule has 8 N–H and O–H groups in total. The van der Waals surface area contributed by atoms with Crippen LogP contribution in [0.2, 0.25) is 0 Å². The van der Waals surface area contributed by atoms with Crippen LogP contribution >= 0.6 is 0 Å². The number of rotatable bonds is 6. The third-order valence-electron chi connectivity index (χ3n) is 4.64. The van der Waals surface area contributed by atoms with Gasteiger partial charge in [0.15, 0.2) is 6.29 Å². The summed E-state index contributed by atoms with van der Waals surface area (Å²) in [5.74, 6) is -0.853. The van der Waals surface area contributed by atoms with Crippen LogP contribution in [0.3, 0.4) is 0 Å². The minimum atomic E-state index is -1.63. The first-order chi connectivity index (χ1) is 11.8. The Morgan fingerprint density at radius 2 is 1.20 bits per heavy atom. The predicted molar refractivity (Wildman–Crippen MR) is 78.1 cm³/mol. The Balaban J connectivity index is 1.90. The molecule has 2 heterocycles. The molecule has 0 bridgehead atoms. The van der Waals surface area contributed by atoms with E-state index in [2.05, 4.69) is 0 Å². The van der Waals surface area contributed by atoms with Crippen molar-refractivity contribution in [3.63, 3.8) is 0 Å². The molecule has 11 heteroatoms. The Hall–Kier alpha value is -0.440. The molecule has 148 valence electrons. The average molecular weight is 370 g/mol. The molecule has 2 rings (SSSR count). The van der Waals surface area contributed by atoms with Gasteiger partial charge in [-0.1, -0.05) is 0 Å². The Bertz CT molecular complexity index is 406. The van der Waals surface area contributed by atoms with Crippen LogP contribution in [0.15, 0.2) is 0 Å². The van der Waals surface area contributed by atoms with Crippen LogP contribution < -0.4 is 0 Å². The molecule has 2 saturated heterocycles. The van der Waals surface area contributed by atoms with E-state index in [-0.39, 0.29) is 13.2 Å². The van der Waals surface area contributed by atoms with Gasteiger partial charge in [0.1, 0.15) is 36.6 Å². The fraction of sp³-hybridized carbons (Fsp3) is 1.00. The van der Waals surface area contributed by atoms with E-state index in [1.54, 1.807) is 0 Å². The molecule has 0 radical (unpaired) electrons. The van der Waals surface area contributed by atoms with Crippen molar-refractivity contribution in [1.29, 1.82) is 0 Å². The zero-order chi connectivity index (χ0) is 18.7. The van der Waals surface area contributed by atoms with Crippen molar-refractivity contribution in [2.75, 3.05) is 26.4 Å². The lowest BCUT2D eigenvalue weighted by molar-refractivity contribution is -0.282. The Labute approximate surface area is 143 Å². The van der Waals surface area contributed by atoms with Crippen LogP contribution in [-0.4, -0.2) is 122 Å². The molecular formula is C14H26O11. The van der Waals surface area contributed by atoms with Crippen LogP contribution in [0.25, 0.3) is 0 Å². The molecule has 0 spiro atoms. The van der Waals surface area contributed by atoms with Crippen LogP contribution in [0.5, 0.6) is 0 Å². The SMILES string of the molecule is OCC1O[C@H](COC[C@@H]2C(CO)O[C@@H](O)C(O)C2O)C(O)C(O)[C@H]1O. The maximum Gasteiger partial charge on any atom is 0.183 e. The van der Waals surface area contributed by atoms with Gasteiger partial charge in [-0.15, -0.1) is 0 Å². The zero-order valence-electron chi connectivity index (χ0n) is 13.4. The lowest BCUT2D eigenvalue weighted by Crippen LogP contribution is -2.60. The van der Waals surface area contributed by atoms with Gasteiger partial charge in [0, 0.05) is 5.92 Å². The highest BCUT2D eigenvalue weighted by Crippen LogP contribution is 2.26. The van der Waals surface area contributed by atoms with Gasteiger partial charge in [-0.05, 0) is 0 Å². The molecule has 11 nitrogen and oxygen atoms in total. The maximum atomic E-state index is 9.99. The second-order valence-electron chi connectivity index (χ2n) is 6.30. The van der Waals surface area contributed by atoms with Gasteiger partial charge in [0.05, 0.1) is 38.6 Å². The van der Waals surface area contributed by atoms with Crippen molar-refractivity contribution in [3.8, 4) is 0 Å². The molecule has 0 aliphatic carbocycles. The molecule has 0 aromatic heterocycles. The molecule has 2 aliphatic rings. The summed E-state index contributed by atoms with van der Waals surface area (Å²) in [6, 6.07) is 0. The van der Waals surface area contributed by atoms with Gasteiger partial charge in [-0.2, -0.15) is 0 Å². The Morgan fingerprint density at radius 3 is 1.80 bits per heavy atom. The predicted octanol–water partition coefficient (Wildman–Crippen LogP) is -5.11. The standard InChI is InChI=1S/C14H26O11/c15-1-6-5(9(17)13(21)14(22)25-6)3-23-4-8-11(19)12(20)10(18)7(2-16)24-8/h5-22H,1-4H2/t5-,6?,7?,8-,9?,10+,11?,12?,13?,14-/m1/s1. The van der Waals surface area contributed by atoms with E-state index in [0.717, 1.165) is 0 Å². The lowest BCUT2D eigenvalue weighted by Gasteiger charge is -2.41. The normalized spacial score (nSPS) is 48.5. The molecule has 2 aliphatic heterocycles. The van der Waals surface area contributed by atoms with Crippen molar-refractivity contribution in [1.82, 2.24) is 0 Å². The molecule has 10 atom stereocenters. The summed E-state index contributed by atoms with van der Waals surface area (Å²) in [6.45, 7) is -1.53. The summed E-state index contributed by atoms with van der Waals surface area (Å²) < 4.78 is 15.6. The summed E-state index contributed by atoms with van der Waals surface area (Å²) in [4.78, 5) is 0. The van der Waals surface area contributed by atoms with Gasteiger partial charge in [-0.25, -0.2) is 0 Å². The first kappa shape index (κ1) is 20.9. The van der Waals surface area contributed by atoms with Crippen molar-refractivity contribution in [2.45, 2.75) is 55.1 Å². The van der Waals surface area contributed by atoms with E-state index >= 15 is 0 Å². The minimum Gasteiger partial charge on any atom is -0.394 e. The second kappa shape index (κ2) is 8.97. The fourth-order valence-corrected chi connectivity index (χ4v) is 3.02. The smallest absolute Gasteiger partial charge is 0.183 e. The number of hydrogen-bond donors (Lipinski definition) is 8. The zero-order valence-corrected chi connectivity index (χ0v) is 13.4.